The molecule has 0 heterocycles. The first kappa shape index (κ1) is 16.3. The molecule has 0 radical (unpaired) electrons. The van der Waals surface area contributed by atoms with Gasteiger partial charge in [-0.3, -0.25) is 0 Å². The topological polar surface area (TPSA) is 76.0 Å². The Morgan fingerprint density at radius 3 is 2.45 bits per heavy atom. The summed E-state index contributed by atoms with van der Waals surface area (Å²) in [5.41, 5.74) is -0.828. The van der Waals surface area contributed by atoms with Gasteiger partial charge in [0.25, 0.3) is 0 Å². The van der Waals surface area contributed by atoms with Crippen molar-refractivity contribution >= 4 is 5.97 Å². The average molecular weight is 282 g/mol. The van der Waals surface area contributed by atoms with Gasteiger partial charge in [0.2, 0.25) is 0 Å². The molecule has 112 valence electrons. The van der Waals surface area contributed by atoms with Gasteiger partial charge in [0.15, 0.2) is 11.5 Å². The number of hydrogen-bond donors (Lipinski definition) is 2. The maximum atomic E-state index is 10.9. The summed E-state index contributed by atoms with van der Waals surface area (Å²) in [7, 11) is 0. The zero-order valence-electron chi connectivity index (χ0n) is 12.3. The molecule has 20 heavy (non-hydrogen) atoms. The highest BCUT2D eigenvalue weighted by Gasteiger charge is 2.26. The number of benzene rings is 1. The Hall–Kier alpha value is -1.75. The maximum absolute atomic E-state index is 10.9. The fourth-order valence-corrected chi connectivity index (χ4v) is 1.42. The quantitative estimate of drug-likeness (QED) is 0.804. The van der Waals surface area contributed by atoms with Gasteiger partial charge < -0.3 is 19.7 Å². The third kappa shape index (κ3) is 4.13. The first-order valence-corrected chi connectivity index (χ1v) is 6.63. The predicted octanol–water partition coefficient (Wildman–Crippen LogP) is 2.57. The lowest BCUT2D eigenvalue weighted by Crippen LogP contribution is -2.37. The summed E-state index contributed by atoms with van der Waals surface area (Å²) in [5.74, 6) is -0.187. The zero-order valence-corrected chi connectivity index (χ0v) is 12.3. The van der Waals surface area contributed by atoms with Gasteiger partial charge in [-0.05, 0) is 38.0 Å². The molecule has 0 amide bonds. The van der Waals surface area contributed by atoms with E-state index in [4.69, 9.17) is 14.6 Å². The molecule has 1 atom stereocenters. The Balaban J connectivity index is 2.91. The van der Waals surface area contributed by atoms with Crippen molar-refractivity contribution in [1.29, 1.82) is 0 Å². The molecule has 0 fully saturated rings. The molecule has 0 bridgehead atoms. The number of rotatable bonds is 7. The summed E-state index contributed by atoms with van der Waals surface area (Å²) < 4.78 is 11.0. The van der Waals surface area contributed by atoms with Gasteiger partial charge >= 0.3 is 5.97 Å². The minimum atomic E-state index is -1.02. The van der Waals surface area contributed by atoms with Crippen LogP contribution in [0.15, 0.2) is 18.2 Å². The maximum Gasteiger partial charge on any atom is 0.335 e. The highest BCUT2D eigenvalue weighted by molar-refractivity contribution is 5.88. The van der Waals surface area contributed by atoms with E-state index in [1.165, 1.54) is 12.1 Å². The molecule has 1 unspecified atom stereocenters. The van der Waals surface area contributed by atoms with Gasteiger partial charge in [-0.2, -0.15) is 0 Å². The van der Waals surface area contributed by atoms with Gasteiger partial charge in [0.1, 0.15) is 6.61 Å². The van der Waals surface area contributed by atoms with E-state index in [2.05, 4.69) is 0 Å². The third-order valence-electron chi connectivity index (χ3n) is 3.25. The van der Waals surface area contributed by atoms with Crippen molar-refractivity contribution in [3.63, 3.8) is 0 Å². The Kier molecular flexibility index (Phi) is 5.39. The molecule has 0 aromatic heterocycles. The number of ether oxygens (including phenoxy) is 2. The van der Waals surface area contributed by atoms with E-state index in [1.807, 2.05) is 20.8 Å². The lowest BCUT2D eigenvalue weighted by atomic mass is 9.94. The van der Waals surface area contributed by atoms with Crippen LogP contribution in [0.5, 0.6) is 11.5 Å². The van der Waals surface area contributed by atoms with Crippen LogP contribution in [0.4, 0.5) is 0 Å². The largest absolute Gasteiger partial charge is 0.490 e. The van der Waals surface area contributed by atoms with E-state index in [9.17, 15) is 9.90 Å². The first-order chi connectivity index (χ1) is 9.27. The molecular weight excluding hydrogens is 260 g/mol. The van der Waals surface area contributed by atoms with Crippen molar-refractivity contribution in [2.45, 2.75) is 33.3 Å². The van der Waals surface area contributed by atoms with E-state index in [-0.39, 0.29) is 18.1 Å². The second-order valence-corrected chi connectivity index (χ2v) is 5.20. The molecule has 0 aliphatic heterocycles. The minimum absolute atomic E-state index is 0.0383. The lowest BCUT2D eigenvalue weighted by Gasteiger charge is -2.27. The summed E-state index contributed by atoms with van der Waals surface area (Å²) in [4.78, 5) is 10.9. The smallest absolute Gasteiger partial charge is 0.335 e. The molecule has 1 rings (SSSR count). The molecule has 1 aromatic rings. The SMILES string of the molecule is CCOc1cc(C(=O)O)ccc1OCC(C)(O)C(C)C. The number of carbonyl (C=O) groups is 1. The molecule has 2 N–H and O–H groups in total. The fraction of sp³-hybridized carbons (Fsp3) is 0.533. The van der Waals surface area contributed by atoms with Crippen molar-refractivity contribution in [1.82, 2.24) is 0 Å². The van der Waals surface area contributed by atoms with Gasteiger partial charge in [0.05, 0.1) is 17.8 Å². The van der Waals surface area contributed by atoms with Crippen LogP contribution in [0, 0.1) is 5.92 Å². The number of hydrogen-bond acceptors (Lipinski definition) is 4. The third-order valence-corrected chi connectivity index (χ3v) is 3.25. The Bertz CT molecular complexity index is 465. The summed E-state index contributed by atoms with van der Waals surface area (Å²) in [6.45, 7) is 7.82. The van der Waals surface area contributed by atoms with Crippen molar-refractivity contribution < 1.29 is 24.5 Å². The molecular formula is C15H22O5. The van der Waals surface area contributed by atoms with Crippen LogP contribution in [0.3, 0.4) is 0 Å². The van der Waals surface area contributed by atoms with Crippen LogP contribution < -0.4 is 9.47 Å². The molecule has 0 spiro atoms. The van der Waals surface area contributed by atoms with Crippen LogP contribution >= 0.6 is 0 Å². The van der Waals surface area contributed by atoms with Crippen molar-refractivity contribution in [3.05, 3.63) is 23.8 Å². The van der Waals surface area contributed by atoms with Crippen LogP contribution in [-0.2, 0) is 0 Å². The second-order valence-electron chi connectivity index (χ2n) is 5.20. The normalized spacial score (nSPS) is 13.9. The summed E-state index contributed by atoms with van der Waals surface area (Å²) in [6.07, 6.45) is 0. The Morgan fingerprint density at radius 1 is 1.30 bits per heavy atom. The lowest BCUT2D eigenvalue weighted by molar-refractivity contribution is -0.0272. The van der Waals surface area contributed by atoms with Gasteiger partial charge in [-0.15, -0.1) is 0 Å². The standard InChI is InChI=1S/C15H22O5/c1-5-19-13-8-11(14(16)17)6-7-12(13)20-9-15(4,18)10(2)3/h6-8,10,18H,5,9H2,1-4H3,(H,16,17). The first-order valence-electron chi connectivity index (χ1n) is 6.63. The van der Waals surface area contributed by atoms with Crippen LogP contribution in [-0.4, -0.2) is 35.0 Å². The molecule has 5 heteroatoms. The van der Waals surface area contributed by atoms with Gasteiger partial charge in [0, 0.05) is 0 Å². The van der Waals surface area contributed by atoms with E-state index >= 15 is 0 Å². The van der Waals surface area contributed by atoms with Crippen LogP contribution in [0.1, 0.15) is 38.1 Å². The summed E-state index contributed by atoms with van der Waals surface area (Å²) >= 11 is 0. The predicted molar refractivity (Wildman–Crippen MR) is 75.5 cm³/mol. The molecule has 1 aromatic carbocycles. The fourth-order valence-electron chi connectivity index (χ4n) is 1.42. The van der Waals surface area contributed by atoms with E-state index in [1.54, 1.807) is 13.0 Å². The highest BCUT2D eigenvalue weighted by atomic mass is 16.5. The van der Waals surface area contributed by atoms with E-state index in [0.717, 1.165) is 0 Å². The van der Waals surface area contributed by atoms with Crippen LogP contribution in [0.2, 0.25) is 0 Å². The molecule has 0 aliphatic carbocycles. The van der Waals surface area contributed by atoms with Crippen molar-refractivity contribution in [2.24, 2.45) is 5.92 Å². The number of carboxylic acids is 1. The van der Waals surface area contributed by atoms with Gasteiger partial charge in [-0.25, -0.2) is 4.79 Å². The molecule has 5 nitrogen and oxygen atoms in total. The van der Waals surface area contributed by atoms with E-state index < -0.39 is 11.6 Å². The highest BCUT2D eigenvalue weighted by Crippen LogP contribution is 2.30. The summed E-state index contributed by atoms with van der Waals surface area (Å²) in [6, 6.07) is 4.42. The molecule has 0 saturated heterocycles. The van der Waals surface area contributed by atoms with Gasteiger partial charge in [-0.1, -0.05) is 13.8 Å². The number of carboxylic acid groups (broad SMARTS) is 1. The number of aromatic carboxylic acids is 1. The van der Waals surface area contributed by atoms with Crippen molar-refractivity contribution in [2.75, 3.05) is 13.2 Å². The molecule has 0 aliphatic rings. The zero-order chi connectivity index (χ0) is 15.3. The van der Waals surface area contributed by atoms with E-state index in [0.29, 0.717) is 18.1 Å². The number of aliphatic hydroxyl groups is 1. The monoisotopic (exact) mass is 282 g/mol. The minimum Gasteiger partial charge on any atom is -0.490 e. The molecule has 0 saturated carbocycles. The second kappa shape index (κ2) is 6.61. The Labute approximate surface area is 119 Å². The van der Waals surface area contributed by atoms with Crippen molar-refractivity contribution in [3.8, 4) is 11.5 Å². The average Bonchev–Trinajstić information content (AvgIpc) is 2.37. The Morgan fingerprint density at radius 2 is 1.95 bits per heavy atom. The summed E-state index contributed by atoms with van der Waals surface area (Å²) in [5, 5.41) is 19.1. The van der Waals surface area contributed by atoms with Crippen LogP contribution in [0.25, 0.3) is 0 Å².